The number of hydrogen-bond donors (Lipinski definition) is 1. The fourth-order valence-corrected chi connectivity index (χ4v) is 6.09. The Morgan fingerprint density at radius 3 is 2.17 bits per heavy atom. The standard InChI is InChI=1S/C19H21ClF2N4O7S2/c1-24(2)35(30,31)25-7-8-26(17(11-25)19(27)33-23)34(28,29)14-9-15(21)18(16(22)10-14)32-13-5-3-12(20)4-6-13/h3-6,9-10,17H,7-8,11,23H2,1-2H3/t17-/m1/s1. The summed E-state index contributed by atoms with van der Waals surface area (Å²) in [5, 5.41) is 0.365. The van der Waals surface area contributed by atoms with Crippen LogP contribution in [0.1, 0.15) is 0 Å². The van der Waals surface area contributed by atoms with Gasteiger partial charge in [-0.15, -0.1) is 0 Å². The molecule has 1 fully saturated rings. The first-order valence-corrected chi connectivity index (χ1v) is 13.0. The van der Waals surface area contributed by atoms with E-state index in [9.17, 15) is 30.4 Å². The van der Waals surface area contributed by atoms with Gasteiger partial charge in [-0.2, -0.15) is 27.2 Å². The minimum atomic E-state index is -4.71. The molecular weight excluding hydrogens is 534 g/mol. The lowest BCUT2D eigenvalue weighted by Gasteiger charge is -2.38. The minimum Gasteiger partial charge on any atom is -0.451 e. The van der Waals surface area contributed by atoms with Crippen molar-refractivity contribution in [2.45, 2.75) is 10.9 Å². The van der Waals surface area contributed by atoms with E-state index < -0.39 is 67.6 Å². The second-order valence-corrected chi connectivity index (χ2v) is 12.0. The van der Waals surface area contributed by atoms with Crippen LogP contribution in [0.5, 0.6) is 11.5 Å². The van der Waals surface area contributed by atoms with Crippen molar-refractivity contribution in [2.24, 2.45) is 5.90 Å². The van der Waals surface area contributed by atoms with Crippen molar-refractivity contribution in [3.05, 3.63) is 53.1 Å². The summed E-state index contributed by atoms with van der Waals surface area (Å²) >= 11 is 5.76. The van der Waals surface area contributed by atoms with Gasteiger partial charge in [0.25, 0.3) is 10.2 Å². The molecule has 35 heavy (non-hydrogen) atoms. The molecule has 0 unspecified atom stereocenters. The monoisotopic (exact) mass is 554 g/mol. The first kappa shape index (κ1) is 27.2. The van der Waals surface area contributed by atoms with Crippen LogP contribution in [0.2, 0.25) is 5.02 Å². The summed E-state index contributed by atoms with van der Waals surface area (Å²) in [4.78, 5) is 15.6. The van der Waals surface area contributed by atoms with Crippen LogP contribution in [-0.2, 0) is 29.9 Å². The molecule has 1 saturated heterocycles. The zero-order chi connectivity index (χ0) is 26.1. The number of benzene rings is 2. The molecule has 11 nitrogen and oxygen atoms in total. The molecular formula is C19H21ClF2N4O7S2. The van der Waals surface area contributed by atoms with Crippen molar-refractivity contribution in [2.75, 3.05) is 33.7 Å². The summed E-state index contributed by atoms with van der Waals surface area (Å²) in [6, 6.07) is 4.92. The predicted octanol–water partition coefficient (Wildman–Crippen LogP) is 1.31. The van der Waals surface area contributed by atoms with Crippen LogP contribution in [0.3, 0.4) is 0 Å². The molecule has 0 radical (unpaired) electrons. The molecule has 16 heteroatoms. The van der Waals surface area contributed by atoms with Gasteiger partial charge in [0.05, 0.1) is 4.90 Å². The second-order valence-electron chi connectivity index (χ2n) is 7.49. The number of carbonyl (C=O) groups is 1. The fraction of sp³-hybridized carbons (Fsp3) is 0.316. The van der Waals surface area contributed by atoms with Crippen molar-refractivity contribution in [3.63, 3.8) is 0 Å². The molecule has 1 aliphatic rings. The molecule has 0 amide bonds. The van der Waals surface area contributed by atoms with Crippen LogP contribution in [0.25, 0.3) is 0 Å². The highest BCUT2D eigenvalue weighted by molar-refractivity contribution is 7.89. The Bertz CT molecular complexity index is 1300. The summed E-state index contributed by atoms with van der Waals surface area (Å²) in [5.74, 6) is 0.200. The normalized spacial score (nSPS) is 18.0. The van der Waals surface area contributed by atoms with E-state index in [1.165, 1.54) is 38.4 Å². The van der Waals surface area contributed by atoms with Gasteiger partial charge in [0, 0.05) is 38.8 Å². The number of nitrogens with zero attached hydrogens (tertiary/aromatic N) is 3. The highest BCUT2D eigenvalue weighted by Crippen LogP contribution is 2.32. The number of carbonyl (C=O) groups excluding carboxylic acids is 1. The molecule has 3 rings (SSSR count). The number of halogens is 3. The van der Waals surface area contributed by atoms with Crippen molar-refractivity contribution in [3.8, 4) is 11.5 Å². The number of hydrogen-bond acceptors (Lipinski definition) is 8. The Balaban J connectivity index is 1.95. The van der Waals surface area contributed by atoms with Crippen LogP contribution in [0.4, 0.5) is 8.78 Å². The third-order valence-electron chi connectivity index (χ3n) is 5.08. The van der Waals surface area contributed by atoms with Gasteiger partial charge in [0.15, 0.2) is 17.4 Å². The largest absolute Gasteiger partial charge is 0.451 e. The van der Waals surface area contributed by atoms with Gasteiger partial charge in [0.2, 0.25) is 10.0 Å². The number of rotatable bonds is 7. The predicted molar refractivity (Wildman–Crippen MR) is 120 cm³/mol. The van der Waals surface area contributed by atoms with Gasteiger partial charge in [0.1, 0.15) is 11.8 Å². The smallest absolute Gasteiger partial charge is 0.344 e. The second kappa shape index (κ2) is 10.3. The molecule has 0 aliphatic carbocycles. The summed E-state index contributed by atoms with van der Waals surface area (Å²) < 4.78 is 88.3. The molecule has 0 saturated carbocycles. The molecule has 0 spiro atoms. The lowest BCUT2D eigenvalue weighted by atomic mass is 10.2. The number of piperazine rings is 1. The first-order valence-electron chi connectivity index (χ1n) is 9.81. The first-order chi connectivity index (χ1) is 16.3. The molecule has 192 valence electrons. The summed E-state index contributed by atoms with van der Waals surface area (Å²) in [5.41, 5.74) is 0. The van der Waals surface area contributed by atoms with Crippen LogP contribution >= 0.6 is 11.6 Å². The molecule has 2 aromatic carbocycles. The van der Waals surface area contributed by atoms with Gasteiger partial charge in [-0.25, -0.2) is 22.0 Å². The third kappa shape index (κ3) is 5.55. The number of sulfonamides is 1. The molecule has 1 atom stereocenters. The maximum Gasteiger partial charge on any atom is 0.344 e. The third-order valence-corrected chi connectivity index (χ3v) is 9.13. The average Bonchev–Trinajstić information content (AvgIpc) is 2.81. The van der Waals surface area contributed by atoms with E-state index in [4.69, 9.17) is 22.2 Å². The van der Waals surface area contributed by atoms with E-state index in [0.717, 1.165) is 8.61 Å². The quantitative estimate of drug-likeness (QED) is 0.505. The SMILES string of the molecule is CN(C)S(=O)(=O)N1CCN(S(=O)(=O)c2cc(F)c(Oc3ccc(Cl)cc3)c(F)c2)[C@@H](C(=O)ON)C1. The van der Waals surface area contributed by atoms with Gasteiger partial charge >= 0.3 is 5.97 Å². The van der Waals surface area contributed by atoms with Gasteiger partial charge < -0.3 is 9.57 Å². The van der Waals surface area contributed by atoms with E-state index in [-0.39, 0.29) is 12.3 Å². The Labute approximate surface area is 205 Å². The number of ether oxygens (including phenoxy) is 1. The maximum absolute atomic E-state index is 14.7. The summed E-state index contributed by atoms with van der Waals surface area (Å²) in [6.07, 6.45) is 0. The Kier molecular flexibility index (Phi) is 8.00. The van der Waals surface area contributed by atoms with Crippen LogP contribution < -0.4 is 10.6 Å². The molecule has 0 bridgehead atoms. The van der Waals surface area contributed by atoms with Crippen molar-refractivity contribution >= 4 is 37.8 Å². The molecule has 1 aliphatic heterocycles. The molecule has 2 aromatic rings. The molecule has 0 aromatic heterocycles. The highest BCUT2D eigenvalue weighted by atomic mass is 35.5. The fourth-order valence-electron chi connectivity index (χ4n) is 3.28. The zero-order valence-corrected chi connectivity index (χ0v) is 20.8. The molecule has 2 N–H and O–H groups in total. The molecule has 1 heterocycles. The zero-order valence-electron chi connectivity index (χ0n) is 18.4. The van der Waals surface area contributed by atoms with E-state index in [0.29, 0.717) is 21.5 Å². The van der Waals surface area contributed by atoms with Crippen LogP contribution in [-0.4, -0.2) is 75.5 Å². The Hall–Kier alpha value is -2.40. The highest BCUT2D eigenvalue weighted by Gasteiger charge is 2.44. The minimum absolute atomic E-state index is 0.0479. The topological polar surface area (TPSA) is 140 Å². The van der Waals surface area contributed by atoms with Gasteiger partial charge in [-0.3, -0.25) is 0 Å². The van der Waals surface area contributed by atoms with E-state index >= 15 is 0 Å². The van der Waals surface area contributed by atoms with Crippen molar-refractivity contribution in [1.82, 2.24) is 12.9 Å². The van der Waals surface area contributed by atoms with Gasteiger partial charge in [-0.1, -0.05) is 11.6 Å². The van der Waals surface area contributed by atoms with Crippen LogP contribution in [0.15, 0.2) is 41.3 Å². The lowest BCUT2D eigenvalue weighted by molar-refractivity contribution is -0.150. The van der Waals surface area contributed by atoms with E-state index in [1.807, 2.05) is 0 Å². The summed E-state index contributed by atoms with van der Waals surface area (Å²) in [7, 11) is -6.20. The Morgan fingerprint density at radius 2 is 1.66 bits per heavy atom. The number of nitrogens with two attached hydrogens (primary N) is 1. The van der Waals surface area contributed by atoms with E-state index in [2.05, 4.69) is 4.84 Å². The maximum atomic E-state index is 14.7. The lowest BCUT2D eigenvalue weighted by Crippen LogP contribution is -2.61. The van der Waals surface area contributed by atoms with Crippen LogP contribution in [0, 0.1) is 11.6 Å². The average molecular weight is 555 g/mol. The summed E-state index contributed by atoms with van der Waals surface area (Å²) in [6.45, 7) is -1.48. The van der Waals surface area contributed by atoms with Gasteiger partial charge in [-0.05, 0) is 36.4 Å². The van der Waals surface area contributed by atoms with Crippen molar-refractivity contribution < 1.29 is 40.0 Å². The van der Waals surface area contributed by atoms with Crippen molar-refractivity contribution in [1.29, 1.82) is 0 Å². The van der Waals surface area contributed by atoms with E-state index in [1.54, 1.807) is 0 Å². The Morgan fingerprint density at radius 1 is 1.09 bits per heavy atom.